The predicted molar refractivity (Wildman–Crippen MR) is 115 cm³/mol. The van der Waals surface area contributed by atoms with Gasteiger partial charge in [0.2, 0.25) is 6.04 Å². The molecule has 4 rings (SSSR count). The number of nitriles is 2. The number of piperidine rings is 1. The van der Waals surface area contributed by atoms with Crippen LogP contribution < -0.4 is 26.9 Å². The van der Waals surface area contributed by atoms with Gasteiger partial charge in [0, 0.05) is 12.1 Å². The van der Waals surface area contributed by atoms with Gasteiger partial charge in [0.05, 0.1) is 24.1 Å². The number of aryl methyl sites for hydroxylation is 2. The van der Waals surface area contributed by atoms with Gasteiger partial charge in [0.15, 0.2) is 17.8 Å². The van der Waals surface area contributed by atoms with Crippen molar-refractivity contribution >= 4 is 5.91 Å². The SMILES string of the molecule is Cc1cccc(C2NC(=O)C([n+]3ccccc3)C(c3cccc(C)c3)C2(C#N)C#N)c1.[Br-]. The fourth-order valence-electron chi connectivity index (χ4n) is 4.62. The summed E-state index contributed by atoms with van der Waals surface area (Å²) in [7, 11) is 0. The highest BCUT2D eigenvalue weighted by Gasteiger charge is 2.61. The van der Waals surface area contributed by atoms with E-state index >= 15 is 0 Å². The molecule has 1 aromatic heterocycles. The lowest BCUT2D eigenvalue weighted by Gasteiger charge is -2.42. The Kier molecular flexibility index (Phi) is 6.77. The Balaban J connectivity index is 0.00000289. The zero-order valence-electron chi connectivity index (χ0n) is 17.9. The van der Waals surface area contributed by atoms with Crippen molar-refractivity contribution < 1.29 is 26.3 Å². The lowest BCUT2D eigenvalue weighted by Crippen LogP contribution is -3.00. The maximum atomic E-state index is 13.5. The Hall–Kier alpha value is -3.48. The van der Waals surface area contributed by atoms with Crippen molar-refractivity contribution in [3.63, 3.8) is 0 Å². The van der Waals surface area contributed by atoms with Gasteiger partial charge in [-0.2, -0.15) is 15.1 Å². The molecule has 1 aliphatic heterocycles. The number of amides is 1. The molecule has 6 heteroatoms. The van der Waals surface area contributed by atoms with Crippen LogP contribution in [0.1, 0.15) is 40.3 Å². The molecule has 32 heavy (non-hydrogen) atoms. The third kappa shape index (κ3) is 3.90. The van der Waals surface area contributed by atoms with Gasteiger partial charge in [-0.1, -0.05) is 65.7 Å². The Morgan fingerprint density at radius 3 is 2.00 bits per heavy atom. The van der Waals surface area contributed by atoms with Crippen molar-refractivity contribution in [3.05, 3.63) is 101 Å². The molecule has 0 bridgehead atoms. The standard InChI is InChI=1S/C26H22N4O.BrH/c1-18-8-6-10-20(14-18)22-23(30-12-4-3-5-13-30)25(31)29-24(26(22,16-27)17-28)21-11-7-9-19(2)15-21;/h3-15,22-24H,1-2H3;1H. The Morgan fingerprint density at radius 2 is 1.44 bits per heavy atom. The van der Waals surface area contributed by atoms with Crippen LogP contribution in [0.15, 0.2) is 79.1 Å². The Labute approximate surface area is 198 Å². The molecular formula is C26H23BrN4O. The summed E-state index contributed by atoms with van der Waals surface area (Å²) in [6, 6.07) is 24.1. The molecule has 2 heterocycles. The fraction of sp³-hybridized carbons (Fsp3) is 0.231. The van der Waals surface area contributed by atoms with Crippen LogP contribution in [-0.2, 0) is 4.79 Å². The summed E-state index contributed by atoms with van der Waals surface area (Å²) in [6.45, 7) is 3.92. The molecule has 1 fully saturated rings. The summed E-state index contributed by atoms with van der Waals surface area (Å²) in [4.78, 5) is 13.5. The zero-order valence-corrected chi connectivity index (χ0v) is 19.5. The highest BCUT2D eigenvalue weighted by atomic mass is 79.9. The van der Waals surface area contributed by atoms with E-state index in [0.717, 1.165) is 22.3 Å². The molecule has 0 spiro atoms. The van der Waals surface area contributed by atoms with Crippen molar-refractivity contribution in [3.8, 4) is 12.1 Å². The molecule has 3 aromatic rings. The smallest absolute Gasteiger partial charge is 0.290 e. The minimum atomic E-state index is -1.50. The van der Waals surface area contributed by atoms with Crippen LogP contribution in [0.2, 0.25) is 0 Å². The Bertz CT molecular complexity index is 1200. The number of pyridine rings is 1. The maximum absolute atomic E-state index is 13.5. The number of hydrogen-bond donors (Lipinski definition) is 1. The summed E-state index contributed by atoms with van der Waals surface area (Å²) in [5, 5.41) is 23.9. The minimum Gasteiger partial charge on any atom is -1.00 e. The largest absolute Gasteiger partial charge is 1.00 e. The Morgan fingerprint density at radius 1 is 0.875 bits per heavy atom. The first kappa shape index (κ1) is 23.2. The van der Waals surface area contributed by atoms with Gasteiger partial charge < -0.3 is 22.3 Å². The van der Waals surface area contributed by atoms with Crippen molar-refractivity contribution in [1.29, 1.82) is 10.5 Å². The number of hydrogen-bond acceptors (Lipinski definition) is 3. The highest BCUT2D eigenvalue weighted by molar-refractivity contribution is 5.83. The third-order valence-corrected chi connectivity index (χ3v) is 6.02. The van der Waals surface area contributed by atoms with Crippen molar-refractivity contribution in [2.75, 3.05) is 0 Å². The van der Waals surface area contributed by atoms with Gasteiger partial charge in [-0.05, 0) is 25.0 Å². The molecule has 0 radical (unpaired) electrons. The molecule has 1 N–H and O–H groups in total. The number of nitrogens with one attached hydrogen (secondary N) is 1. The van der Waals surface area contributed by atoms with Crippen LogP contribution in [0, 0.1) is 41.9 Å². The third-order valence-electron chi connectivity index (χ3n) is 6.02. The number of rotatable bonds is 3. The number of carbonyl (C=O) groups excluding carboxylic acids is 1. The molecule has 5 nitrogen and oxygen atoms in total. The molecule has 0 saturated carbocycles. The highest BCUT2D eigenvalue weighted by Crippen LogP contribution is 2.52. The number of nitrogens with zero attached hydrogens (tertiary/aromatic N) is 3. The quantitative estimate of drug-likeness (QED) is 0.556. The number of carbonyl (C=O) groups is 1. The molecule has 3 atom stereocenters. The van der Waals surface area contributed by atoms with E-state index in [1.165, 1.54) is 0 Å². The van der Waals surface area contributed by atoms with Crippen LogP contribution in [-0.4, -0.2) is 5.91 Å². The van der Waals surface area contributed by atoms with Crippen LogP contribution in [0.25, 0.3) is 0 Å². The average Bonchev–Trinajstić information content (AvgIpc) is 2.79. The second-order valence-corrected chi connectivity index (χ2v) is 8.11. The van der Waals surface area contributed by atoms with E-state index in [0.29, 0.717) is 0 Å². The lowest BCUT2D eigenvalue weighted by molar-refractivity contribution is -0.714. The second kappa shape index (κ2) is 9.34. The topological polar surface area (TPSA) is 80.6 Å². The zero-order chi connectivity index (χ0) is 22.0. The van der Waals surface area contributed by atoms with E-state index in [1.807, 2.05) is 80.6 Å². The van der Waals surface area contributed by atoms with Crippen molar-refractivity contribution in [1.82, 2.24) is 5.32 Å². The van der Waals surface area contributed by atoms with E-state index in [4.69, 9.17) is 0 Å². The first-order valence-corrected chi connectivity index (χ1v) is 10.2. The van der Waals surface area contributed by atoms with E-state index in [-0.39, 0.29) is 22.9 Å². The van der Waals surface area contributed by atoms with E-state index in [9.17, 15) is 15.3 Å². The number of halogens is 1. The van der Waals surface area contributed by atoms with Gasteiger partial charge in [-0.3, -0.25) is 4.79 Å². The number of aromatic nitrogens is 1. The van der Waals surface area contributed by atoms with Crippen molar-refractivity contribution in [2.24, 2.45) is 5.41 Å². The minimum absolute atomic E-state index is 0. The van der Waals surface area contributed by atoms with E-state index in [1.54, 1.807) is 17.0 Å². The maximum Gasteiger partial charge on any atom is 0.290 e. The van der Waals surface area contributed by atoms with Gasteiger partial charge in [-0.15, -0.1) is 0 Å². The predicted octanol–water partition coefficient (Wildman–Crippen LogP) is 0.825. The summed E-state index contributed by atoms with van der Waals surface area (Å²) >= 11 is 0. The van der Waals surface area contributed by atoms with Crippen LogP contribution >= 0.6 is 0 Å². The molecule has 160 valence electrons. The molecule has 1 aliphatic rings. The molecule has 1 saturated heterocycles. The lowest BCUT2D eigenvalue weighted by atomic mass is 9.61. The van der Waals surface area contributed by atoms with Crippen LogP contribution in [0.5, 0.6) is 0 Å². The molecule has 1 amide bonds. The van der Waals surface area contributed by atoms with Gasteiger partial charge in [0.25, 0.3) is 5.91 Å². The van der Waals surface area contributed by atoms with E-state index in [2.05, 4.69) is 17.5 Å². The fourth-order valence-corrected chi connectivity index (χ4v) is 4.62. The van der Waals surface area contributed by atoms with Gasteiger partial charge in [0.1, 0.15) is 0 Å². The van der Waals surface area contributed by atoms with Crippen LogP contribution in [0.3, 0.4) is 0 Å². The number of benzene rings is 2. The summed E-state index contributed by atoms with van der Waals surface area (Å²) in [5.74, 6) is -0.871. The summed E-state index contributed by atoms with van der Waals surface area (Å²) < 4.78 is 1.79. The first-order chi connectivity index (χ1) is 15.0. The normalized spacial score (nSPS) is 21.4. The monoisotopic (exact) mass is 486 g/mol. The first-order valence-electron chi connectivity index (χ1n) is 10.2. The van der Waals surface area contributed by atoms with Gasteiger partial charge >= 0.3 is 0 Å². The van der Waals surface area contributed by atoms with Crippen LogP contribution in [0.4, 0.5) is 0 Å². The molecular weight excluding hydrogens is 464 g/mol. The summed E-state index contributed by atoms with van der Waals surface area (Å²) in [5.41, 5.74) is 2.08. The molecule has 0 aliphatic carbocycles. The average molecular weight is 487 g/mol. The summed E-state index contributed by atoms with van der Waals surface area (Å²) in [6.07, 6.45) is 3.61. The van der Waals surface area contributed by atoms with Crippen molar-refractivity contribution in [2.45, 2.75) is 31.8 Å². The van der Waals surface area contributed by atoms with Gasteiger partial charge in [-0.25, -0.2) is 0 Å². The second-order valence-electron chi connectivity index (χ2n) is 8.11. The molecule has 3 unspecified atom stereocenters. The molecule has 2 aromatic carbocycles. The van der Waals surface area contributed by atoms with E-state index < -0.39 is 23.4 Å².